The highest BCUT2D eigenvalue weighted by Crippen LogP contribution is 2.17. The molecule has 5 nitrogen and oxygen atoms in total. The number of rotatable bonds is 8. The molecule has 20 heavy (non-hydrogen) atoms. The molecule has 110 valence electrons. The minimum absolute atomic E-state index is 0.0712. The van der Waals surface area contributed by atoms with Crippen molar-refractivity contribution in [3.63, 3.8) is 0 Å². The monoisotopic (exact) mass is 283 g/mol. The summed E-state index contributed by atoms with van der Waals surface area (Å²) in [4.78, 5) is 21.8. The van der Waals surface area contributed by atoms with Crippen LogP contribution in [0, 0.1) is 5.82 Å². The number of aliphatic hydroxyl groups is 1. The smallest absolute Gasteiger partial charge is 0.303 e. The number of carbonyl (C=O) groups excluding carboxylic acids is 1. The third-order valence-electron chi connectivity index (χ3n) is 2.75. The number of amides is 1. The Hall–Kier alpha value is -1.95. The van der Waals surface area contributed by atoms with Crippen molar-refractivity contribution in [2.24, 2.45) is 0 Å². The van der Waals surface area contributed by atoms with Gasteiger partial charge in [-0.2, -0.15) is 0 Å². The number of carboxylic acid groups (broad SMARTS) is 1. The Morgan fingerprint density at radius 1 is 1.30 bits per heavy atom. The topological polar surface area (TPSA) is 86.6 Å². The number of halogens is 1. The van der Waals surface area contributed by atoms with Crippen LogP contribution in [0.5, 0.6) is 0 Å². The molecule has 0 bridgehead atoms. The highest BCUT2D eigenvalue weighted by atomic mass is 19.1. The van der Waals surface area contributed by atoms with Crippen LogP contribution in [0.3, 0.4) is 0 Å². The zero-order chi connectivity index (χ0) is 15.0. The van der Waals surface area contributed by atoms with Crippen LogP contribution in [0.1, 0.15) is 37.4 Å². The minimum atomic E-state index is -1.05. The number of unbranched alkanes of at least 4 members (excludes halogenated alkanes) is 1. The summed E-state index contributed by atoms with van der Waals surface area (Å²) < 4.78 is 13.0. The molecule has 0 fully saturated rings. The number of aliphatic carboxylic acids is 1. The van der Waals surface area contributed by atoms with E-state index < -0.39 is 17.9 Å². The van der Waals surface area contributed by atoms with Crippen LogP contribution in [0.4, 0.5) is 4.39 Å². The summed E-state index contributed by atoms with van der Waals surface area (Å²) in [5.41, 5.74) is 0.353. The van der Waals surface area contributed by atoms with E-state index in [0.29, 0.717) is 24.9 Å². The molecule has 6 heteroatoms. The third-order valence-corrected chi connectivity index (χ3v) is 2.75. The van der Waals surface area contributed by atoms with Crippen LogP contribution < -0.4 is 5.32 Å². The lowest BCUT2D eigenvalue weighted by Crippen LogP contribution is -2.26. The molecule has 0 aromatic heterocycles. The lowest BCUT2D eigenvalue weighted by atomic mass is 10.1. The van der Waals surface area contributed by atoms with Gasteiger partial charge in [-0.15, -0.1) is 0 Å². The van der Waals surface area contributed by atoms with Crippen molar-refractivity contribution in [3.8, 4) is 0 Å². The highest BCUT2D eigenvalue weighted by molar-refractivity contribution is 5.76. The van der Waals surface area contributed by atoms with Gasteiger partial charge in [0.1, 0.15) is 5.82 Å². The average molecular weight is 283 g/mol. The second-order valence-corrected chi connectivity index (χ2v) is 4.48. The zero-order valence-corrected chi connectivity index (χ0v) is 11.0. The molecule has 0 saturated heterocycles. The normalized spacial score (nSPS) is 11.9. The van der Waals surface area contributed by atoms with Crippen LogP contribution >= 0.6 is 0 Å². The largest absolute Gasteiger partial charge is 0.481 e. The molecular formula is C14H18FNO4. The Labute approximate surface area is 116 Å². The Bertz CT molecular complexity index is 464. The number of aliphatic hydroxyl groups excluding tert-OH is 1. The van der Waals surface area contributed by atoms with Gasteiger partial charge in [0.05, 0.1) is 12.5 Å². The van der Waals surface area contributed by atoms with Gasteiger partial charge >= 0.3 is 5.97 Å². The van der Waals surface area contributed by atoms with E-state index in [1.165, 1.54) is 18.2 Å². The predicted octanol–water partition coefficient (Wildman–Crippen LogP) is 1.62. The highest BCUT2D eigenvalue weighted by Gasteiger charge is 2.13. The number of carbonyl (C=O) groups is 2. The number of nitrogens with one attached hydrogen (secondary N) is 1. The summed E-state index contributed by atoms with van der Waals surface area (Å²) in [7, 11) is 0. The maximum atomic E-state index is 13.0. The molecule has 0 aliphatic rings. The Morgan fingerprint density at radius 3 is 2.70 bits per heavy atom. The van der Waals surface area contributed by atoms with E-state index in [1.807, 2.05) is 0 Å². The Morgan fingerprint density at radius 2 is 2.05 bits per heavy atom. The van der Waals surface area contributed by atoms with Crippen molar-refractivity contribution in [2.45, 2.75) is 31.8 Å². The first-order chi connectivity index (χ1) is 9.49. The fourth-order valence-corrected chi connectivity index (χ4v) is 1.71. The van der Waals surface area contributed by atoms with Gasteiger partial charge in [0.25, 0.3) is 0 Å². The average Bonchev–Trinajstić information content (AvgIpc) is 2.37. The maximum absolute atomic E-state index is 13.0. The van der Waals surface area contributed by atoms with E-state index >= 15 is 0 Å². The second kappa shape index (κ2) is 8.27. The van der Waals surface area contributed by atoms with Crippen LogP contribution in [-0.2, 0) is 9.59 Å². The molecule has 0 heterocycles. The predicted molar refractivity (Wildman–Crippen MR) is 70.5 cm³/mol. The SMILES string of the molecule is O=C(O)CCCCNC(=O)CC(O)c1cccc(F)c1. The lowest BCUT2D eigenvalue weighted by Gasteiger charge is -2.11. The van der Waals surface area contributed by atoms with Gasteiger partial charge in [0.2, 0.25) is 5.91 Å². The quantitative estimate of drug-likeness (QED) is 0.633. The first-order valence-electron chi connectivity index (χ1n) is 6.41. The van der Waals surface area contributed by atoms with Gasteiger partial charge in [0.15, 0.2) is 0 Å². The van der Waals surface area contributed by atoms with Crippen LogP contribution in [0.25, 0.3) is 0 Å². The molecule has 0 saturated carbocycles. The fourth-order valence-electron chi connectivity index (χ4n) is 1.71. The Kier molecular flexibility index (Phi) is 6.66. The lowest BCUT2D eigenvalue weighted by molar-refractivity contribution is -0.137. The summed E-state index contributed by atoms with van der Waals surface area (Å²) >= 11 is 0. The van der Waals surface area contributed by atoms with E-state index in [4.69, 9.17) is 5.11 Å². The first-order valence-corrected chi connectivity index (χ1v) is 6.41. The van der Waals surface area contributed by atoms with Crippen molar-refractivity contribution in [2.75, 3.05) is 6.54 Å². The summed E-state index contributed by atoms with van der Waals surface area (Å²) in [5, 5.41) is 20.8. The van der Waals surface area contributed by atoms with Gasteiger partial charge < -0.3 is 15.5 Å². The van der Waals surface area contributed by atoms with Gasteiger partial charge in [-0.1, -0.05) is 12.1 Å². The van der Waals surface area contributed by atoms with Crippen molar-refractivity contribution >= 4 is 11.9 Å². The van der Waals surface area contributed by atoms with E-state index in [2.05, 4.69) is 5.32 Å². The van der Waals surface area contributed by atoms with Gasteiger partial charge in [0, 0.05) is 13.0 Å². The molecule has 0 spiro atoms. The van der Waals surface area contributed by atoms with E-state index in [0.717, 1.165) is 0 Å². The standard InChI is InChI=1S/C14H18FNO4/c15-11-5-3-4-10(8-11)12(17)9-13(18)16-7-2-1-6-14(19)20/h3-5,8,12,17H,1-2,6-7,9H2,(H,16,18)(H,19,20). The van der Waals surface area contributed by atoms with E-state index in [-0.39, 0.29) is 18.7 Å². The summed E-state index contributed by atoms with van der Waals surface area (Å²) in [6, 6.07) is 5.47. The van der Waals surface area contributed by atoms with Crippen molar-refractivity contribution < 1.29 is 24.2 Å². The zero-order valence-electron chi connectivity index (χ0n) is 11.0. The molecule has 1 aromatic carbocycles. The van der Waals surface area contributed by atoms with Gasteiger partial charge in [-0.3, -0.25) is 9.59 Å². The van der Waals surface area contributed by atoms with Gasteiger partial charge in [-0.05, 0) is 30.5 Å². The number of benzene rings is 1. The van der Waals surface area contributed by atoms with Crippen molar-refractivity contribution in [1.29, 1.82) is 0 Å². The third kappa shape index (κ3) is 6.29. The number of hydrogen-bond donors (Lipinski definition) is 3. The molecule has 0 aliphatic carbocycles. The van der Waals surface area contributed by atoms with E-state index in [1.54, 1.807) is 6.07 Å². The minimum Gasteiger partial charge on any atom is -0.481 e. The second-order valence-electron chi connectivity index (χ2n) is 4.48. The molecular weight excluding hydrogens is 265 g/mol. The molecule has 3 N–H and O–H groups in total. The van der Waals surface area contributed by atoms with Crippen LogP contribution in [0.2, 0.25) is 0 Å². The molecule has 1 atom stereocenters. The molecule has 1 amide bonds. The van der Waals surface area contributed by atoms with Crippen molar-refractivity contribution in [3.05, 3.63) is 35.6 Å². The maximum Gasteiger partial charge on any atom is 0.303 e. The number of hydrogen-bond acceptors (Lipinski definition) is 3. The Balaban J connectivity index is 2.26. The van der Waals surface area contributed by atoms with Crippen LogP contribution in [0.15, 0.2) is 24.3 Å². The summed E-state index contributed by atoms with van der Waals surface area (Å²) in [5.74, 6) is -1.68. The van der Waals surface area contributed by atoms with Gasteiger partial charge in [-0.25, -0.2) is 4.39 Å². The van der Waals surface area contributed by atoms with Crippen LogP contribution in [-0.4, -0.2) is 28.6 Å². The molecule has 1 unspecified atom stereocenters. The summed E-state index contributed by atoms with van der Waals surface area (Å²) in [6.45, 7) is 0.363. The van der Waals surface area contributed by atoms with E-state index in [9.17, 15) is 19.1 Å². The molecule has 0 radical (unpaired) electrons. The number of carboxylic acids is 1. The fraction of sp³-hybridized carbons (Fsp3) is 0.429. The molecule has 1 aromatic rings. The summed E-state index contributed by atoms with van der Waals surface area (Å²) in [6.07, 6.45) is -0.0786. The first kappa shape index (κ1) is 16.1. The molecule has 1 rings (SSSR count). The van der Waals surface area contributed by atoms with Crippen molar-refractivity contribution in [1.82, 2.24) is 5.32 Å². The molecule has 0 aliphatic heterocycles.